The molecule has 0 unspecified atom stereocenters. The first-order valence-corrected chi connectivity index (χ1v) is 7.03. The molecule has 19 heavy (non-hydrogen) atoms. The fraction of sp³-hybridized carbons (Fsp3) is 0.333. The number of hydrogen-bond acceptors (Lipinski definition) is 6. The van der Waals surface area contributed by atoms with E-state index in [9.17, 15) is 0 Å². The van der Waals surface area contributed by atoms with Crippen molar-refractivity contribution in [1.29, 1.82) is 0 Å². The summed E-state index contributed by atoms with van der Waals surface area (Å²) in [5.74, 6) is 3.00. The van der Waals surface area contributed by atoms with Crippen molar-refractivity contribution in [2.75, 3.05) is 11.4 Å². The summed E-state index contributed by atoms with van der Waals surface area (Å²) in [6.45, 7) is 4.58. The summed E-state index contributed by atoms with van der Waals surface area (Å²) in [6, 6.07) is 2.03. The Morgan fingerprint density at radius 1 is 1.21 bits per heavy atom. The number of hydrogen-bond donors (Lipinski definition) is 0. The molecule has 0 aliphatic carbocycles. The van der Waals surface area contributed by atoms with E-state index in [2.05, 4.69) is 35.0 Å². The number of nitrogens with zero attached hydrogens (tertiary/aromatic N) is 6. The molecule has 0 N–H and O–H groups in total. The lowest BCUT2D eigenvalue weighted by molar-refractivity contribution is 0.548. The van der Waals surface area contributed by atoms with E-state index in [4.69, 9.17) is 0 Å². The largest absolute Gasteiger partial charge is 0.346 e. The van der Waals surface area contributed by atoms with Crippen molar-refractivity contribution in [3.8, 4) is 0 Å². The highest BCUT2D eigenvalue weighted by atomic mass is 32.1. The Morgan fingerprint density at radius 2 is 2.16 bits per heavy atom. The van der Waals surface area contributed by atoms with Crippen molar-refractivity contribution in [3.05, 3.63) is 29.4 Å². The zero-order valence-electron chi connectivity index (χ0n) is 10.4. The average Bonchev–Trinajstić information content (AvgIpc) is 3.05. The first-order valence-electron chi connectivity index (χ1n) is 6.15. The van der Waals surface area contributed by atoms with Crippen LogP contribution in [0.2, 0.25) is 0 Å². The Balaban J connectivity index is 1.76. The molecule has 0 bridgehead atoms. The van der Waals surface area contributed by atoms with E-state index in [-0.39, 0.29) is 0 Å². The van der Waals surface area contributed by atoms with Gasteiger partial charge < -0.3 is 9.47 Å². The van der Waals surface area contributed by atoms with Gasteiger partial charge in [0, 0.05) is 13.1 Å². The molecule has 0 fully saturated rings. The molecule has 1 aliphatic rings. The summed E-state index contributed by atoms with van der Waals surface area (Å²) in [6.07, 6.45) is 1.63. The second-order valence-corrected chi connectivity index (χ2v) is 5.48. The predicted octanol–water partition coefficient (Wildman–Crippen LogP) is 1.61. The molecule has 0 radical (unpaired) electrons. The Morgan fingerprint density at radius 3 is 3.11 bits per heavy atom. The zero-order chi connectivity index (χ0) is 12.8. The van der Waals surface area contributed by atoms with Gasteiger partial charge >= 0.3 is 0 Å². The van der Waals surface area contributed by atoms with Crippen molar-refractivity contribution in [2.45, 2.75) is 20.0 Å². The van der Waals surface area contributed by atoms with Crippen LogP contribution in [-0.4, -0.2) is 31.3 Å². The van der Waals surface area contributed by atoms with Crippen molar-refractivity contribution >= 4 is 27.4 Å². The summed E-state index contributed by atoms with van der Waals surface area (Å²) >= 11 is 1.68. The van der Waals surface area contributed by atoms with E-state index >= 15 is 0 Å². The molecule has 0 saturated carbocycles. The highest BCUT2D eigenvalue weighted by molar-refractivity contribution is 7.17. The van der Waals surface area contributed by atoms with Gasteiger partial charge in [-0.1, -0.05) is 0 Å². The van der Waals surface area contributed by atoms with Gasteiger partial charge in [-0.3, -0.25) is 0 Å². The third-order valence-electron chi connectivity index (χ3n) is 3.46. The van der Waals surface area contributed by atoms with Crippen LogP contribution in [0.25, 0.3) is 10.2 Å². The van der Waals surface area contributed by atoms with Crippen LogP contribution in [0.1, 0.15) is 11.6 Å². The molecular formula is C12H12N6S. The zero-order valence-corrected chi connectivity index (χ0v) is 11.3. The van der Waals surface area contributed by atoms with Crippen LogP contribution in [-0.2, 0) is 13.1 Å². The molecule has 6 nitrogen and oxygen atoms in total. The number of aryl methyl sites for hydroxylation is 1. The molecule has 96 valence electrons. The van der Waals surface area contributed by atoms with E-state index in [0.717, 1.165) is 47.3 Å². The summed E-state index contributed by atoms with van der Waals surface area (Å²) in [4.78, 5) is 11.0. The van der Waals surface area contributed by atoms with Crippen molar-refractivity contribution in [3.63, 3.8) is 0 Å². The molecule has 7 heteroatoms. The maximum Gasteiger partial charge on any atom is 0.152 e. The highest BCUT2D eigenvalue weighted by Crippen LogP contribution is 2.29. The second-order valence-electron chi connectivity index (χ2n) is 4.57. The van der Waals surface area contributed by atoms with Gasteiger partial charge in [0.15, 0.2) is 5.82 Å². The van der Waals surface area contributed by atoms with E-state index < -0.39 is 0 Å². The molecule has 0 atom stereocenters. The van der Waals surface area contributed by atoms with Gasteiger partial charge in [-0.2, -0.15) is 0 Å². The van der Waals surface area contributed by atoms with Gasteiger partial charge in [0.1, 0.15) is 18.0 Å². The Kier molecular flexibility index (Phi) is 2.28. The molecule has 0 saturated heterocycles. The van der Waals surface area contributed by atoms with Gasteiger partial charge in [0.05, 0.1) is 16.8 Å². The van der Waals surface area contributed by atoms with E-state index in [0.29, 0.717) is 0 Å². The van der Waals surface area contributed by atoms with E-state index in [1.165, 1.54) is 0 Å². The standard InChI is InChI=1S/C12H12N6S/c1-8-15-16-10-6-17(3-4-18(8)10)12-11-9(2-5-19-11)13-7-14-12/h2,5,7H,3-4,6H2,1H3. The normalized spacial score (nSPS) is 14.9. The fourth-order valence-electron chi connectivity index (χ4n) is 2.49. The number of rotatable bonds is 1. The number of fused-ring (bicyclic) bond motifs is 2. The van der Waals surface area contributed by atoms with Crippen LogP contribution in [0.15, 0.2) is 17.8 Å². The molecule has 4 rings (SSSR count). The molecule has 4 heterocycles. The first-order chi connectivity index (χ1) is 9.33. The monoisotopic (exact) mass is 272 g/mol. The number of anilines is 1. The number of aromatic nitrogens is 5. The lowest BCUT2D eigenvalue weighted by atomic mass is 10.3. The van der Waals surface area contributed by atoms with Gasteiger partial charge in [0.2, 0.25) is 0 Å². The summed E-state index contributed by atoms with van der Waals surface area (Å²) < 4.78 is 3.32. The third kappa shape index (κ3) is 1.61. The van der Waals surface area contributed by atoms with Crippen molar-refractivity contribution in [1.82, 2.24) is 24.7 Å². The summed E-state index contributed by atoms with van der Waals surface area (Å²) in [5, 5.41) is 10.4. The topological polar surface area (TPSA) is 59.7 Å². The molecule has 0 amide bonds. The summed E-state index contributed by atoms with van der Waals surface area (Å²) in [5.41, 5.74) is 1.01. The van der Waals surface area contributed by atoms with Crippen LogP contribution in [0.5, 0.6) is 0 Å². The minimum absolute atomic E-state index is 0.755. The quantitative estimate of drug-likeness (QED) is 0.673. The average molecular weight is 272 g/mol. The third-order valence-corrected chi connectivity index (χ3v) is 4.36. The van der Waals surface area contributed by atoms with Gasteiger partial charge in [0.25, 0.3) is 0 Å². The highest BCUT2D eigenvalue weighted by Gasteiger charge is 2.22. The van der Waals surface area contributed by atoms with Crippen LogP contribution in [0, 0.1) is 6.92 Å². The first kappa shape index (κ1) is 10.9. The van der Waals surface area contributed by atoms with Gasteiger partial charge in [-0.05, 0) is 18.4 Å². The molecule has 0 aromatic carbocycles. The summed E-state index contributed by atoms with van der Waals surface area (Å²) in [7, 11) is 0. The minimum Gasteiger partial charge on any atom is -0.346 e. The molecule has 1 aliphatic heterocycles. The number of thiophene rings is 1. The lowest BCUT2D eigenvalue weighted by Crippen LogP contribution is -2.34. The van der Waals surface area contributed by atoms with Crippen LogP contribution >= 0.6 is 11.3 Å². The van der Waals surface area contributed by atoms with Crippen molar-refractivity contribution < 1.29 is 0 Å². The fourth-order valence-corrected chi connectivity index (χ4v) is 3.35. The Hall–Kier alpha value is -2.02. The SMILES string of the molecule is Cc1nnc2n1CCN(c1ncnc3ccsc13)C2. The van der Waals surface area contributed by atoms with Crippen LogP contribution in [0.3, 0.4) is 0 Å². The van der Waals surface area contributed by atoms with Crippen molar-refractivity contribution in [2.24, 2.45) is 0 Å². The van der Waals surface area contributed by atoms with Gasteiger partial charge in [-0.25, -0.2) is 9.97 Å². The lowest BCUT2D eigenvalue weighted by Gasteiger charge is -2.28. The van der Waals surface area contributed by atoms with E-state index in [1.807, 2.05) is 13.0 Å². The molecule has 3 aromatic heterocycles. The van der Waals surface area contributed by atoms with Crippen LogP contribution < -0.4 is 4.90 Å². The van der Waals surface area contributed by atoms with E-state index in [1.54, 1.807) is 17.7 Å². The minimum atomic E-state index is 0.755. The molecule has 0 spiro atoms. The second kappa shape index (κ2) is 3.99. The Bertz CT molecular complexity index is 746. The molecule has 3 aromatic rings. The van der Waals surface area contributed by atoms with Crippen LogP contribution in [0.4, 0.5) is 5.82 Å². The predicted molar refractivity (Wildman–Crippen MR) is 73.2 cm³/mol. The Labute approximate surface area is 113 Å². The van der Waals surface area contributed by atoms with Gasteiger partial charge in [-0.15, -0.1) is 21.5 Å². The smallest absolute Gasteiger partial charge is 0.152 e. The maximum absolute atomic E-state index is 4.45. The molecular weight excluding hydrogens is 260 g/mol. The maximum atomic E-state index is 4.45.